The molecule has 2 atom stereocenters. The van der Waals surface area contributed by atoms with Crippen molar-refractivity contribution in [2.45, 2.75) is 20.3 Å². The highest BCUT2D eigenvalue weighted by atomic mass is 35.5. The minimum absolute atomic E-state index is 0. The van der Waals surface area contributed by atoms with Gasteiger partial charge in [-0.15, -0.1) is 12.4 Å². The Bertz CT molecular complexity index is 793. The van der Waals surface area contributed by atoms with Crippen molar-refractivity contribution >= 4 is 18.3 Å². The molecule has 0 saturated carbocycles. The summed E-state index contributed by atoms with van der Waals surface area (Å²) in [5.41, 5.74) is 3.58. The molecule has 4 rings (SSSR count). The van der Waals surface area contributed by atoms with E-state index in [2.05, 4.69) is 10.4 Å². The number of carbonyl (C=O) groups is 1. The van der Waals surface area contributed by atoms with Gasteiger partial charge in [0.15, 0.2) is 0 Å². The third-order valence-electron chi connectivity index (χ3n) is 5.58. The van der Waals surface area contributed by atoms with Gasteiger partial charge in [-0.25, -0.2) is 9.07 Å². The molecule has 2 aliphatic rings. The summed E-state index contributed by atoms with van der Waals surface area (Å²) in [4.78, 5) is 14.8. The molecule has 2 saturated heterocycles. The van der Waals surface area contributed by atoms with Gasteiger partial charge in [0.1, 0.15) is 5.82 Å². The van der Waals surface area contributed by atoms with Crippen molar-refractivity contribution in [2.75, 3.05) is 26.2 Å². The number of hydrogen-bond acceptors (Lipinski definition) is 3. The summed E-state index contributed by atoms with van der Waals surface area (Å²) in [7, 11) is 0. The second-order valence-electron chi connectivity index (χ2n) is 7.19. The number of benzene rings is 1. The summed E-state index contributed by atoms with van der Waals surface area (Å²) in [6.45, 7) is 7.66. The lowest BCUT2D eigenvalue weighted by Gasteiger charge is -2.17. The van der Waals surface area contributed by atoms with Gasteiger partial charge in [-0.05, 0) is 49.9 Å². The van der Waals surface area contributed by atoms with Gasteiger partial charge in [-0.2, -0.15) is 5.10 Å². The molecular formula is C19H24ClFN4O. The number of rotatable bonds is 3. The van der Waals surface area contributed by atoms with Gasteiger partial charge in [-0.1, -0.05) is 0 Å². The van der Waals surface area contributed by atoms with Gasteiger partial charge in [0.25, 0.3) is 0 Å². The third kappa shape index (κ3) is 3.35. The third-order valence-corrected chi connectivity index (χ3v) is 5.58. The van der Waals surface area contributed by atoms with Gasteiger partial charge in [-0.3, -0.25) is 4.79 Å². The van der Waals surface area contributed by atoms with Crippen molar-refractivity contribution in [3.63, 3.8) is 0 Å². The van der Waals surface area contributed by atoms with Gasteiger partial charge < -0.3 is 10.2 Å². The average Bonchev–Trinajstić information content (AvgIpc) is 3.25. The molecule has 140 valence electrons. The first-order valence-electron chi connectivity index (χ1n) is 8.82. The summed E-state index contributed by atoms with van der Waals surface area (Å²) in [6.07, 6.45) is 0.381. The molecule has 0 bridgehead atoms. The van der Waals surface area contributed by atoms with Crippen LogP contribution in [0.2, 0.25) is 0 Å². The molecule has 0 radical (unpaired) electrons. The standard InChI is InChI=1S/C19H23FN4O.ClH/c1-12-18(7-19(25)23-10-14-8-21-9-15(14)11-23)13(2)24(22-12)17-5-3-16(20)4-6-17;/h3-6,14-15,21H,7-11H2,1-2H3;1H/t14-,15+;. The van der Waals surface area contributed by atoms with Gasteiger partial charge in [0.05, 0.1) is 17.8 Å². The molecular weight excluding hydrogens is 355 g/mol. The summed E-state index contributed by atoms with van der Waals surface area (Å²) in [5, 5.41) is 7.96. The number of fused-ring (bicyclic) bond motifs is 1. The van der Waals surface area contributed by atoms with Crippen LogP contribution in [0.25, 0.3) is 5.69 Å². The maximum absolute atomic E-state index is 13.1. The van der Waals surface area contributed by atoms with Crippen LogP contribution in [-0.4, -0.2) is 46.8 Å². The van der Waals surface area contributed by atoms with Crippen molar-refractivity contribution in [1.29, 1.82) is 0 Å². The van der Waals surface area contributed by atoms with E-state index in [1.165, 1.54) is 12.1 Å². The fourth-order valence-electron chi connectivity index (χ4n) is 4.09. The summed E-state index contributed by atoms with van der Waals surface area (Å²) in [6, 6.07) is 6.26. The predicted octanol–water partition coefficient (Wildman–Crippen LogP) is 2.27. The first kappa shape index (κ1) is 18.9. The van der Waals surface area contributed by atoms with E-state index in [1.54, 1.807) is 16.8 Å². The normalized spacial score (nSPS) is 21.6. The van der Waals surface area contributed by atoms with E-state index in [-0.39, 0.29) is 24.1 Å². The number of nitrogens with one attached hydrogen (secondary N) is 1. The summed E-state index contributed by atoms with van der Waals surface area (Å²) in [5.74, 6) is 1.12. The van der Waals surface area contributed by atoms with E-state index in [4.69, 9.17) is 0 Å². The van der Waals surface area contributed by atoms with Crippen molar-refractivity contribution in [1.82, 2.24) is 20.0 Å². The number of aryl methyl sites for hydroxylation is 1. The van der Waals surface area contributed by atoms with E-state index in [9.17, 15) is 9.18 Å². The highest BCUT2D eigenvalue weighted by Gasteiger charge is 2.38. The lowest BCUT2D eigenvalue weighted by molar-refractivity contribution is -0.129. The zero-order chi connectivity index (χ0) is 17.6. The van der Waals surface area contributed by atoms with Gasteiger partial charge in [0, 0.05) is 37.4 Å². The van der Waals surface area contributed by atoms with Gasteiger partial charge >= 0.3 is 0 Å². The quantitative estimate of drug-likeness (QED) is 0.891. The Balaban J connectivity index is 0.00000196. The van der Waals surface area contributed by atoms with Crippen LogP contribution in [0.3, 0.4) is 0 Å². The highest BCUT2D eigenvalue weighted by molar-refractivity contribution is 5.85. The second kappa shape index (κ2) is 7.37. The minimum atomic E-state index is -0.269. The van der Waals surface area contributed by atoms with Crippen LogP contribution < -0.4 is 5.32 Å². The average molecular weight is 379 g/mol. The van der Waals surface area contributed by atoms with Crippen molar-refractivity contribution in [3.05, 3.63) is 47.0 Å². The maximum Gasteiger partial charge on any atom is 0.227 e. The maximum atomic E-state index is 13.1. The molecule has 26 heavy (non-hydrogen) atoms. The van der Waals surface area contributed by atoms with Crippen LogP contribution in [0.4, 0.5) is 4.39 Å². The van der Waals surface area contributed by atoms with Crippen molar-refractivity contribution in [2.24, 2.45) is 11.8 Å². The van der Waals surface area contributed by atoms with Crippen LogP contribution in [0, 0.1) is 31.5 Å². The molecule has 0 aliphatic carbocycles. The molecule has 5 nitrogen and oxygen atoms in total. The largest absolute Gasteiger partial charge is 0.342 e. The van der Waals surface area contributed by atoms with E-state index >= 15 is 0 Å². The summed E-state index contributed by atoms with van der Waals surface area (Å²) < 4.78 is 14.9. The van der Waals surface area contributed by atoms with Crippen LogP contribution in [0.15, 0.2) is 24.3 Å². The number of hydrogen-bond donors (Lipinski definition) is 1. The molecule has 1 amide bonds. The number of halogens is 2. The Morgan fingerprint density at radius 3 is 2.42 bits per heavy atom. The first-order chi connectivity index (χ1) is 12.0. The molecule has 2 fully saturated rings. The zero-order valence-electron chi connectivity index (χ0n) is 15.0. The molecule has 2 aliphatic heterocycles. The van der Waals surface area contributed by atoms with Crippen LogP contribution in [0.1, 0.15) is 17.0 Å². The lowest BCUT2D eigenvalue weighted by Crippen LogP contribution is -2.33. The first-order valence-corrected chi connectivity index (χ1v) is 8.82. The van der Waals surface area contributed by atoms with Crippen molar-refractivity contribution < 1.29 is 9.18 Å². The Morgan fingerprint density at radius 2 is 1.81 bits per heavy atom. The molecule has 3 heterocycles. The monoisotopic (exact) mass is 378 g/mol. The molecule has 0 spiro atoms. The van der Waals surface area contributed by atoms with Crippen LogP contribution >= 0.6 is 12.4 Å². The summed E-state index contributed by atoms with van der Waals surface area (Å²) >= 11 is 0. The van der Waals surface area contributed by atoms with E-state index in [0.29, 0.717) is 18.3 Å². The Kier molecular flexibility index (Phi) is 5.34. The topological polar surface area (TPSA) is 50.2 Å². The minimum Gasteiger partial charge on any atom is -0.342 e. The van der Waals surface area contributed by atoms with E-state index in [1.807, 2.05) is 18.7 Å². The Morgan fingerprint density at radius 1 is 1.19 bits per heavy atom. The van der Waals surface area contributed by atoms with E-state index < -0.39 is 0 Å². The number of nitrogens with zero attached hydrogens (tertiary/aromatic N) is 3. The van der Waals surface area contributed by atoms with Crippen LogP contribution in [0.5, 0.6) is 0 Å². The molecule has 2 aromatic rings. The number of likely N-dealkylation sites (tertiary alicyclic amines) is 1. The molecule has 1 aromatic carbocycles. The number of amides is 1. The fraction of sp³-hybridized carbons (Fsp3) is 0.474. The second-order valence-corrected chi connectivity index (χ2v) is 7.19. The lowest BCUT2D eigenvalue weighted by atomic mass is 10.0. The molecule has 7 heteroatoms. The SMILES string of the molecule is Cc1nn(-c2ccc(F)cc2)c(C)c1CC(=O)N1C[C@H]2CNC[C@H]2C1.Cl. The number of carbonyl (C=O) groups excluding carboxylic acids is 1. The molecule has 0 unspecified atom stereocenters. The molecule has 1 aromatic heterocycles. The Hall–Kier alpha value is -1.92. The van der Waals surface area contributed by atoms with Crippen LogP contribution in [-0.2, 0) is 11.2 Å². The zero-order valence-corrected chi connectivity index (χ0v) is 15.9. The van der Waals surface area contributed by atoms with Gasteiger partial charge in [0.2, 0.25) is 5.91 Å². The fourth-order valence-corrected chi connectivity index (χ4v) is 4.09. The smallest absolute Gasteiger partial charge is 0.227 e. The highest BCUT2D eigenvalue weighted by Crippen LogP contribution is 2.27. The Labute approximate surface area is 159 Å². The molecule has 1 N–H and O–H groups in total. The number of aromatic nitrogens is 2. The van der Waals surface area contributed by atoms with Crippen molar-refractivity contribution in [3.8, 4) is 5.69 Å². The predicted molar refractivity (Wildman–Crippen MR) is 100 cm³/mol. The van der Waals surface area contributed by atoms with E-state index in [0.717, 1.165) is 48.8 Å².